The van der Waals surface area contributed by atoms with Gasteiger partial charge in [-0.05, 0) is 29.8 Å². The van der Waals surface area contributed by atoms with Gasteiger partial charge < -0.3 is 15.5 Å². The molecule has 3 rings (SSSR count). The van der Waals surface area contributed by atoms with Crippen LogP contribution in [0.5, 0.6) is 0 Å². The first-order chi connectivity index (χ1) is 10.1. The number of benzene rings is 1. The first-order valence-electron chi connectivity index (χ1n) is 6.56. The number of pyridine rings is 1. The lowest BCUT2D eigenvalue weighted by Gasteiger charge is -2.29. The molecule has 0 saturated heterocycles. The molecule has 2 N–H and O–H groups in total. The van der Waals surface area contributed by atoms with Crippen LogP contribution in [0.25, 0.3) is 0 Å². The maximum atomic E-state index is 11.4. The van der Waals surface area contributed by atoms with E-state index in [2.05, 4.69) is 9.88 Å². The van der Waals surface area contributed by atoms with Crippen molar-refractivity contribution in [2.75, 3.05) is 23.4 Å². The summed E-state index contributed by atoms with van der Waals surface area (Å²) in [6.07, 6.45) is 1.59. The Labute approximate surface area is 127 Å². The third-order valence-electron chi connectivity index (χ3n) is 3.57. The van der Waals surface area contributed by atoms with Gasteiger partial charge in [-0.3, -0.25) is 4.79 Å². The quantitative estimate of drug-likeness (QED) is 0.944. The number of aromatic nitrogens is 1. The van der Waals surface area contributed by atoms with Gasteiger partial charge in [-0.1, -0.05) is 23.7 Å². The number of carbonyl (C=O) groups is 1. The summed E-state index contributed by atoms with van der Waals surface area (Å²) in [7, 11) is 1.97. The average molecular weight is 303 g/mol. The zero-order valence-corrected chi connectivity index (χ0v) is 12.3. The fraction of sp³-hybridized carbons (Fsp3) is 0.200. The van der Waals surface area contributed by atoms with E-state index in [-0.39, 0.29) is 18.6 Å². The van der Waals surface area contributed by atoms with E-state index in [1.807, 2.05) is 48.3 Å². The second kappa shape index (κ2) is 5.26. The molecule has 1 amide bonds. The number of hydrogen-bond acceptors (Lipinski definition) is 4. The van der Waals surface area contributed by atoms with Crippen LogP contribution in [0.1, 0.15) is 11.7 Å². The van der Waals surface area contributed by atoms with Crippen molar-refractivity contribution < 1.29 is 4.79 Å². The van der Waals surface area contributed by atoms with Crippen LogP contribution in [0, 0.1) is 0 Å². The van der Waals surface area contributed by atoms with Gasteiger partial charge in [0.05, 0.1) is 5.69 Å². The van der Waals surface area contributed by atoms with Gasteiger partial charge in [0.1, 0.15) is 12.7 Å². The van der Waals surface area contributed by atoms with Crippen LogP contribution in [-0.2, 0) is 4.79 Å². The molecule has 0 aliphatic carbocycles. The van der Waals surface area contributed by atoms with E-state index in [4.69, 9.17) is 17.3 Å². The summed E-state index contributed by atoms with van der Waals surface area (Å²) in [4.78, 5) is 19.8. The summed E-state index contributed by atoms with van der Waals surface area (Å²) in [5.74, 6) is 0.375. The minimum atomic E-state index is -0.388. The fourth-order valence-electron chi connectivity index (χ4n) is 2.71. The van der Waals surface area contributed by atoms with Crippen LogP contribution in [0.3, 0.4) is 0 Å². The zero-order valence-electron chi connectivity index (χ0n) is 11.5. The Hall–Kier alpha value is -2.27. The summed E-state index contributed by atoms with van der Waals surface area (Å²) in [6, 6.07) is 11.4. The van der Waals surface area contributed by atoms with Gasteiger partial charge in [-0.2, -0.15) is 0 Å². The summed E-state index contributed by atoms with van der Waals surface area (Å²) in [6.45, 7) is 0.113. The minimum absolute atomic E-state index is 0.113. The number of fused-ring (bicyclic) bond motifs is 1. The SMILES string of the molecule is CN1c2cccnc2N(CC(N)=O)C1c1ccc(Cl)cc1. The van der Waals surface area contributed by atoms with E-state index >= 15 is 0 Å². The lowest BCUT2D eigenvalue weighted by atomic mass is 10.1. The number of nitrogens with two attached hydrogens (primary N) is 1. The molecule has 0 spiro atoms. The van der Waals surface area contributed by atoms with Gasteiger partial charge in [0, 0.05) is 18.3 Å². The Morgan fingerprint density at radius 2 is 2.05 bits per heavy atom. The van der Waals surface area contributed by atoms with Crippen LogP contribution in [-0.4, -0.2) is 24.5 Å². The fourth-order valence-corrected chi connectivity index (χ4v) is 2.84. The molecule has 1 aromatic heterocycles. The Balaban J connectivity index is 2.06. The molecular formula is C15H15ClN4O. The Kier molecular flexibility index (Phi) is 3.43. The maximum absolute atomic E-state index is 11.4. The number of amides is 1. The highest BCUT2D eigenvalue weighted by molar-refractivity contribution is 6.30. The van der Waals surface area contributed by atoms with Crippen molar-refractivity contribution in [3.8, 4) is 0 Å². The van der Waals surface area contributed by atoms with Crippen LogP contribution in [0.15, 0.2) is 42.6 Å². The van der Waals surface area contributed by atoms with Gasteiger partial charge in [-0.15, -0.1) is 0 Å². The lowest BCUT2D eigenvalue weighted by molar-refractivity contribution is -0.116. The number of rotatable bonds is 3. The largest absolute Gasteiger partial charge is 0.368 e. The number of carbonyl (C=O) groups excluding carboxylic acids is 1. The van der Waals surface area contributed by atoms with E-state index in [1.165, 1.54) is 0 Å². The second-order valence-electron chi connectivity index (χ2n) is 4.98. The highest BCUT2D eigenvalue weighted by atomic mass is 35.5. The minimum Gasteiger partial charge on any atom is -0.368 e. The molecule has 1 atom stereocenters. The van der Waals surface area contributed by atoms with Crippen molar-refractivity contribution in [3.63, 3.8) is 0 Å². The second-order valence-corrected chi connectivity index (χ2v) is 5.41. The van der Waals surface area contributed by atoms with Gasteiger partial charge in [-0.25, -0.2) is 4.98 Å². The van der Waals surface area contributed by atoms with Crippen LogP contribution in [0.4, 0.5) is 11.5 Å². The molecule has 2 aromatic rings. The van der Waals surface area contributed by atoms with Crippen molar-refractivity contribution in [1.82, 2.24) is 4.98 Å². The highest BCUT2D eigenvalue weighted by Gasteiger charge is 2.36. The Morgan fingerprint density at radius 3 is 2.71 bits per heavy atom. The van der Waals surface area contributed by atoms with E-state index < -0.39 is 0 Å². The van der Waals surface area contributed by atoms with Crippen molar-refractivity contribution >= 4 is 29.0 Å². The van der Waals surface area contributed by atoms with Crippen molar-refractivity contribution in [2.45, 2.75) is 6.17 Å². The normalized spacial score (nSPS) is 17.0. The molecule has 0 saturated carbocycles. The third kappa shape index (κ3) is 2.40. The number of halogens is 1. The van der Waals surface area contributed by atoms with Crippen LogP contribution >= 0.6 is 11.6 Å². The number of nitrogens with zero attached hydrogens (tertiary/aromatic N) is 3. The maximum Gasteiger partial charge on any atom is 0.237 e. The van der Waals surface area contributed by atoms with E-state index in [9.17, 15) is 4.79 Å². The smallest absolute Gasteiger partial charge is 0.237 e. The van der Waals surface area contributed by atoms with Crippen LogP contribution < -0.4 is 15.5 Å². The number of anilines is 2. The van der Waals surface area contributed by atoms with Gasteiger partial charge in [0.25, 0.3) is 0 Å². The van der Waals surface area contributed by atoms with E-state index in [0.717, 1.165) is 17.1 Å². The average Bonchev–Trinajstić information content (AvgIpc) is 2.73. The van der Waals surface area contributed by atoms with E-state index in [0.29, 0.717) is 5.02 Å². The van der Waals surface area contributed by atoms with Gasteiger partial charge >= 0.3 is 0 Å². The molecular weight excluding hydrogens is 288 g/mol. The van der Waals surface area contributed by atoms with E-state index in [1.54, 1.807) is 6.20 Å². The predicted molar refractivity (Wildman–Crippen MR) is 83.4 cm³/mol. The molecule has 1 aromatic carbocycles. The molecule has 108 valence electrons. The molecule has 0 bridgehead atoms. The van der Waals surface area contributed by atoms with Crippen molar-refractivity contribution in [3.05, 3.63) is 53.2 Å². The predicted octanol–water partition coefficient (Wildman–Crippen LogP) is 2.18. The highest BCUT2D eigenvalue weighted by Crippen LogP contribution is 2.43. The van der Waals surface area contributed by atoms with Crippen LogP contribution in [0.2, 0.25) is 5.02 Å². The monoisotopic (exact) mass is 302 g/mol. The number of primary amides is 1. The van der Waals surface area contributed by atoms with Crippen molar-refractivity contribution in [1.29, 1.82) is 0 Å². The molecule has 21 heavy (non-hydrogen) atoms. The summed E-state index contributed by atoms with van der Waals surface area (Å²) < 4.78 is 0. The third-order valence-corrected chi connectivity index (χ3v) is 3.83. The molecule has 1 aliphatic heterocycles. The first-order valence-corrected chi connectivity index (χ1v) is 6.94. The van der Waals surface area contributed by atoms with Gasteiger partial charge in [0.2, 0.25) is 5.91 Å². The first kappa shape index (κ1) is 13.7. The summed E-state index contributed by atoms with van der Waals surface area (Å²) in [5.41, 5.74) is 7.39. The molecule has 1 unspecified atom stereocenters. The summed E-state index contributed by atoms with van der Waals surface area (Å²) >= 11 is 5.95. The topological polar surface area (TPSA) is 62.5 Å². The molecule has 0 fully saturated rings. The van der Waals surface area contributed by atoms with Crippen molar-refractivity contribution in [2.24, 2.45) is 5.73 Å². The lowest BCUT2D eigenvalue weighted by Crippen LogP contribution is -2.39. The number of hydrogen-bond donors (Lipinski definition) is 1. The Bertz CT molecular complexity index is 674. The zero-order chi connectivity index (χ0) is 15.0. The standard InChI is InChI=1S/C15H15ClN4O/c1-19-12-3-2-8-18-14(12)20(9-13(17)21)15(19)10-4-6-11(16)7-5-10/h2-8,15H,9H2,1H3,(H2,17,21). The van der Waals surface area contributed by atoms with Gasteiger partial charge in [0.15, 0.2) is 5.82 Å². The Morgan fingerprint density at radius 1 is 1.33 bits per heavy atom. The molecule has 0 radical (unpaired) electrons. The summed E-state index contributed by atoms with van der Waals surface area (Å²) in [5, 5.41) is 0.677. The molecule has 6 heteroatoms. The molecule has 5 nitrogen and oxygen atoms in total. The molecule has 1 aliphatic rings. The molecule has 2 heterocycles.